The van der Waals surface area contributed by atoms with Crippen molar-refractivity contribution in [1.82, 2.24) is 20.0 Å². The Hall–Kier alpha value is -1.40. The largest absolute Gasteiger partial charge is 0.394 e. The van der Waals surface area contributed by atoms with E-state index in [4.69, 9.17) is 5.11 Å². The molecule has 0 bridgehead atoms. The Balaban J connectivity index is 1.57. The first-order valence-electron chi connectivity index (χ1n) is 8.38. The Morgan fingerprint density at radius 2 is 2.18 bits per heavy atom. The minimum Gasteiger partial charge on any atom is -0.394 e. The van der Waals surface area contributed by atoms with Crippen LogP contribution in [0, 0.1) is 0 Å². The van der Waals surface area contributed by atoms with Crippen LogP contribution in [0.15, 0.2) is 6.20 Å². The highest BCUT2D eigenvalue weighted by molar-refractivity contribution is 5.81. The second kappa shape index (κ2) is 6.79. The van der Waals surface area contributed by atoms with Crippen molar-refractivity contribution < 1.29 is 9.90 Å². The highest BCUT2D eigenvalue weighted by atomic mass is 16.3. The van der Waals surface area contributed by atoms with Crippen molar-refractivity contribution in [3.05, 3.63) is 17.5 Å². The molecule has 1 atom stereocenters. The van der Waals surface area contributed by atoms with Gasteiger partial charge in [0.05, 0.1) is 31.1 Å². The minimum atomic E-state index is -0.128. The maximum atomic E-state index is 12.5. The van der Waals surface area contributed by atoms with Crippen molar-refractivity contribution in [1.29, 1.82) is 0 Å². The average molecular weight is 306 g/mol. The van der Waals surface area contributed by atoms with Gasteiger partial charge < -0.3 is 10.4 Å². The minimum absolute atomic E-state index is 0.0891. The number of hydrogen-bond donors (Lipinski definition) is 2. The lowest BCUT2D eigenvalue weighted by Crippen LogP contribution is -2.47. The van der Waals surface area contributed by atoms with E-state index in [-0.39, 0.29) is 18.6 Å². The lowest BCUT2D eigenvalue weighted by atomic mass is 9.95. The smallest absolute Gasteiger partial charge is 0.237 e. The molecule has 22 heavy (non-hydrogen) atoms. The van der Waals surface area contributed by atoms with Gasteiger partial charge in [0.25, 0.3) is 0 Å². The molecule has 0 aromatic carbocycles. The summed E-state index contributed by atoms with van der Waals surface area (Å²) in [5.74, 6) is 0.138. The predicted octanol–water partition coefficient (Wildman–Crippen LogP) is 1.03. The summed E-state index contributed by atoms with van der Waals surface area (Å²) in [5.41, 5.74) is 2.30. The van der Waals surface area contributed by atoms with E-state index in [1.165, 1.54) is 24.8 Å². The summed E-state index contributed by atoms with van der Waals surface area (Å²) < 4.78 is 1.85. The molecule has 0 saturated heterocycles. The third-order valence-electron chi connectivity index (χ3n) is 4.95. The quantitative estimate of drug-likeness (QED) is 0.852. The molecule has 122 valence electrons. The molecule has 1 aliphatic carbocycles. The number of rotatable bonds is 5. The number of hydrogen-bond acceptors (Lipinski definition) is 4. The van der Waals surface area contributed by atoms with Crippen LogP contribution in [-0.2, 0) is 24.4 Å². The first-order valence-corrected chi connectivity index (χ1v) is 8.38. The summed E-state index contributed by atoms with van der Waals surface area (Å²) in [6.45, 7) is 4.08. The Kier molecular flexibility index (Phi) is 4.78. The van der Waals surface area contributed by atoms with Crippen molar-refractivity contribution in [2.75, 3.05) is 6.61 Å². The first-order chi connectivity index (χ1) is 10.7. The standard InChI is InChI=1S/C16H26N4O2/c1-12(16(22)18-14-5-3-2-4-6-14)19-10-13-9-17-20(7-8-21)15(13)11-19/h9,12,14,21H,2-8,10-11H2,1H3,(H,18,22)/t12-/m0/s1. The molecule has 6 nitrogen and oxygen atoms in total. The number of amides is 1. The van der Waals surface area contributed by atoms with Crippen LogP contribution in [0.5, 0.6) is 0 Å². The van der Waals surface area contributed by atoms with Crippen LogP contribution in [0.4, 0.5) is 0 Å². The van der Waals surface area contributed by atoms with Crippen molar-refractivity contribution in [3.8, 4) is 0 Å². The third kappa shape index (κ3) is 3.17. The van der Waals surface area contributed by atoms with E-state index >= 15 is 0 Å². The van der Waals surface area contributed by atoms with Gasteiger partial charge in [-0.2, -0.15) is 5.10 Å². The molecule has 2 heterocycles. The zero-order chi connectivity index (χ0) is 15.5. The number of fused-ring (bicyclic) bond motifs is 1. The van der Waals surface area contributed by atoms with Crippen molar-refractivity contribution in [3.63, 3.8) is 0 Å². The normalized spacial score (nSPS) is 20.8. The van der Waals surface area contributed by atoms with E-state index in [0.717, 1.165) is 31.6 Å². The van der Waals surface area contributed by atoms with Gasteiger partial charge >= 0.3 is 0 Å². The molecular formula is C16H26N4O2. The van der Waals surface area contributed by atoms with E-state index in [2.05, 4.69) is 15.3 Å². The fourth-order valence-electron chi connectivity index (χ4n) is 3.53. The number of aliphatic hydroxyl groups excluding tert-OH is 1. The van der Waals surface area contributed by atoms with Gasteiger partial charge in [0.1, 0.15) is 0 Å². The number of nitrogens with zero attached hydrogens (tertiary/aromatic N) is 3. The van der Waals surface area contributed by atoms with Crippen LogP contribution in [0.3, 0.4) is 0 Å². The molecule has 0 unspecified atom stereocenters. The third-order valence-corrected chi connectivity index (χ3v) is 4.95. The molecule has 1 aliphatic heterocycles. The fraction of sp³-hybridized carbons (Fsp3) is 0.750. The van der Waals surface area contributed by atoms with Crippen LogP contribution in [0.1, 0.15) is 50.3 Å². The summed E-state index contributed by atoms with van der Waals surface area (Å²) in [6.07, 6.45) is 7.84. The van der Waals surface area contributed by atoms with Gasteiger partial charge in [-0.25, -0.2) is 0 Å². The highest BCUT2D eigenvalue weighted by Crippen LogP contribution is 2.25. The molecule has 1 aromatic heterocycles. The van der Waals surface area contributed by atoms with Crippen molar-refractivity contribution in [2.45, 2.75) is 70.7 Å². The Morgan fingerprint density at radius 3 is 2.91 bits per heavy atom. The highest BCUT2D eigenvalue weighted by Gasteiger charge is 2.31. The van der Waals surface area contributed by atoms with E-state index in [0.29, 0.717) is 12.6 Å². The second-order valence-electron chi connectivity index (χ2n) is 6.49. The van der Waals surface area contributed by atoms with Gasteiger partial charge in [-0.1, -0.05) is 19.3 Å². The Bertz CT molecular complexity index is 522. The zero-order valence-electron chi connectivity index (χ0n) is 13.3. The van der Waals surface area contributed by atoms with Crippen molar-refractivity contribution >= 4 is 5.91 Å². The molecule has 3 rings (SSSR count). The molecule has 6 heteroatoms. The second-order valence-corrected chi connectivity index (χ2v) is 6.49. The number of nitrogens with one attached hydrogen (secondary N) is 1. The summed E-state index contributed by atoms with van der Waals surface area (Å²) in [7, 11) is 0. The predicted molar refractivity (Wildman–Crippen MR) is 83.0 cm³/mol. The molecule has 0 radical (unpaired) electrons. The molecule has 1 aromatic rings. The molecular weight excluding hydrogens is 280 g/mol. The fourth-order valence-corrected chi connectivity index (χ4v) is 3.53. The number of carbonyl (C=O) groups is 1. The molecule has 2 N–H and O–H groups in total. The van der Waals surface area contributed by atoms with Gasteiger partial charge in [0.15, 0.2) is 0 Å². The summed E-state index contributed by atoms with van der Waals surface area (Å²) >= 11 is 0. The van der Waals surface area contributed by atoms with Gasteiger partial charge in [0.2, 0.25) is 5.91 Å². The molecule has 1 amide bonds. The van der Waals surface area contributed by atoms with Gasteiger partial charge in [-0.15, -0.1) is 0 Å². The SMILES string of the molecule is C[C@@H](C(=O)NC1CCCCC1)N1Cc2cnn(CCO)c2C1. The van der Waals surface area contributed by atoms with E-state index in [1.807, 2.05) is 17.8 Å². The van der Waals surface area contributed by atoms with Gasteiger partial charge in [-0.05, 0) is 19.8 Å². The Morgan fingerprint density at radius 1 is 1.41 bits per heavy atom. The monoisotopic (exact) mass is 306 g/mol. The first kappa shape index (κ1) is 15.5. The lowest BCUT2D eigenvalue weighted by Gasteiger charge is -2.28. The molecule has 0 spiro atoms. The number of aromatic nitrogens is 2. The van der Waals surface area contributed by atoms with Crippen LogP contribution < -0.4 is 5.32 Å². The van der Waals surface area contributed by atoms with Crippen LogP contribution in [-0.4, -0.2) is 44.4 Å². The molecule has 1 saturated carbocycles. The van der Waals surface area contributed by atoms with Gasteiger partial charge in [0, 0.05) is 24.7 Å². The number of carbonyl (C=O) groups excluding carboxylic acids is 1. The topological polar surface area (TPSA) is 70.4 Å². The lowest BCUT2D eigenvalue weighted by molar-refractivity contribution is -0.127. The Labute approximate surface area is 131 Å². The molecule has 1 fully saturated rings. The van der Waals surface area contributed by atoms with E-state index in [1.54, 1.807) is 0 Å². The molecule has 2 aliphatic rings. The summed E-state index contributed by atoms with van der Waals surface area (Å²) in [4.78, 5) is 14.6. The van der Waals surface area contributed by atoms with Crippen molar-refractivity contribution in [2.24, 2.45) is 0 Å². The zero-order valence-corrected chi connectivity index (χ0v) is 13.3. The van der Waals surface area contributed by atoms with E-state index in [9.17, 15) is 4.79 Å². The van der Waals surface area contributed by atoms with E-state index < -0.39 is 0 Å². The number of aliphatic hydroxyl groups is 1. The van der Waals surface area contributed by atoms with Crippen LogP contribution in [0.25, 0.3) is 0 Å². The summed E-state index contributed by atoms with van der Waals surface area (Å²) in [6, 6.07) is 0.232. The van der Waals surface area contributed by atoms with Crippen LogP contribution >= 0.6 is 0 Å². The van der Waals surface area contributed by atoms with Crippen LogP contribution in [0.2, 0.25) is 0 Å². The van der Waals surface area contributed by atoms with Gasteiger partial charge in [-0.3, -0.25) is 14.4 Å². The maximum Gasteiger partial charge on any atom is 0.237 e. The summed E-state index contributed by atoms with van der Waals surface area (Å²) in [5, 5.41) is 16.6. The average Bonchev–Trinajstić information content (AvgIpc) is 3.10. The maximum absolute atomic E-state index is 12.5.